The molecule has 2 heteroatoms. The maximum absolute atomic E-state index is 5.92. The first-order valence-electron chi connectivity index (χ1n) is 6.43. The Hall–Kier alpha value is -0.0800. The summed E-state index contributed by atoms with van der Waals surface area (Å²) in [7, 11) is 0. The summed E-state index contributed by atoms with van der Waals surface area (Å²) in [6, 6.07) is 0.555. The van der Waals surface area contributed by atoms with E-state index in [9.17, 15) is 0 Å². The fourth-order valence-electron chi connectivity index (χ4n) is 2.84. The van der Waals surface area contributed by atoms with Crippen LogP contribution in [0.5, 0.6) is 0 Å². The summed E-state index contributed by atoms with van der Waals surface area (Å²) in [5, 5.41) is 0. The predicted octanol–water partition coefficient (Wildman–Crippen LogP) is 2.48. The van der Waals surface area contributed by atoms with Crippen LogP contribution in [0.25, 0.3) is 0 Å². The van der Waals surface area contributed by atoms with E-state index < -0.39 is 0 Å². The standard InChI is InChI=1S/C13H28N2/c1-5-6-11-7-8-15(10-11)12(9-14)13(2,3)4/h11-12H,5-10,14H2,1-4H3. The largest absolute Gasteiger partial charge is 0.329 e. The topological polar surface area (TPSA) is 29.3 Å². The molecule has 2 N–H and O–H groups in total. The SMILES string of the molecule is CCCC1CCN(C(CN)C(C)(C)C)C1. The zero-order chi connectivity index (χ0) is 11.5. The molecular formula is C13H28N2. The van der Waals surface area contributed by atoms with Crippen molar-refractivity contribution in [3.05, 3.63) is 0 Å². The van der Waals surface area contributed by atoms with E-state index >= 15 is 0 Å². The van der Waals surface area contributed by atoms with E-state index in [1.54, 1.807) is 0 Å². The summed E-state index contributed by atoms with van der Waals surface area (Å²) in [6.45, 7) is 12.5. The fraction of sp³-hybridized carbons (Fsp3) is 1.00. The quantitative estimate of drug-likeness (QED) is 0.776. The minimum absolute atomic E-state index is 0.315. The minimum atomic E-state index is 0.315. The molecule has 2 nitrogen and oxygen atoms in total. The summed E-state index contributed by atoms with van der Waals surface area (Å²) in [5.41, 5.74) is 6.23. The molecule has 90 valence electrons. The third-order valence-corrected chi connectivity index (χ3v) is 3.68. The van der Waals surface area contributed by atoms with Gasteiger partial charge < -0.3 is 5.73 Å². The number of rotatable bonds is 4. The Kier molecular flexibility index (Phi) is 4.60. The summed E-state index contributed by atoms with van der Waals surface area (Å²) in [5.74, 6) is 0.923. The Morgan fingerprint density at radius 3 is 2.53 bits per heavy atom. The number of nitrogens with zero attached hydrogens (tertiary/aromatic N) is 1. The first-order valence-corrected chi connectivity index (χ1v) is 6.43. The lowest BCUT2D eigenvalue weighted by Crippen LogP contribution is -2.47. The second-order valence-corrected chi connectivity index (χ2v) is 6.06. The smallest absolute Gasteiger partial charge is 0.0266 e. The summed E-state index contributed by atoms with van der Waals surface area (Å²) >= 11 is 0. The fourth-order valence-corrected chi connectivity index (χ4v) is 2.84. The third-order valence-electron chi connectivity index (χ3n) is 3.68. The van der Waals surface area contributed by atoms with Crippen molar-refractivity contribution in [1.29, 1.82) is 0 Å². The Bertz CT molecular complexity index is 183. The molecule has 1 rings (SSSR count). The molecule has 15 heavy (non-hydrogen) atoms. The van der Waals surface area contributed by atoms with Crippen LogP contribution in [0.15, 0.2) is 0 Å². The zero-order valence-electron chi connectivity index (χ0n) is 10.9. The molecular weight excluding hydrogens is 184 g/mol. The first-order chi connectivity index (χ1) is 6.99. The average molecular weight is 212 g/mol. The van der Waals surface area contributed by atoms with Crippen molar-refractivity contribution in [3.63, 3.8) is 0 Å². The molecule has 1 aliphatic heterocycles. The van der Waals surface area contributed by atoms with E-state index in [2.05, 4.69) is 32.6 Å². The van der Waals surface area contributed by atoms with Crippen molar-refractivity contribution in [2.24, 2.45) is 17.1 Å². The maximum Gasteiger partial charge on any atom is 0.0266 e. The molecule has 1 fully saturated rings. The molecule has 2 atom stereocenters. The van der Waals surface area contributed by atoms with E-state index in [-0.39, 0.29) is 0 Å². The molecule has 1 saturated heterocycles. The molecule has 0 saturated carbocycles. The summed E-state index contributed by atoms with van der Waals surface area (Å²) in [6.07, 6.45) is 4.08. The van der Waals surface area contributed by atoms with Gasteiger partial charge in [-0.05, 0) is 30.7 Å². The molecule has 0 amide bonds. The summed E-state index contributed by atoms with van der Waals surface area (Å²) in [4.78, 5) is 2.61. The zero-order valence-corrected chi connectivity index (χ0v) is 10.9. The molecule has 1 aliphatic rings. The lowest BCUT2D eigenvalue weighted by Gasteiger charge is -2.37. The maximum atomic E-state index is 5.92. The molecule has 0 aromatic heterocycles. The summed E-state index contributed by atoms with van der Waals surface area (Å²) < 4.78 is 0. The van der Waals surface area contributed by atoms with Crippen molar-refractivity contribution in [1.82, 2.24) is 4.90 Å². The van der Waals surface area contributed by atoms with Crippen LogP contribution in [0.2, 0.25) is 0 Å². The normalized spacial score (nSPS) is 25.8. The monoisotopic (exact) mass is 212 g/mol. The van der Waals surface area contributed by atoms with Crippen molar-refractivity contribution in [3.8, 4) is 0 Å². The van der Waals surface area contributed by atoms with Gasteiger partial charge in [-0.2, -0.15) is 0 Å². The van der Waals surface area contributed by atoms with Gasteiger partial charge in [0.25, 0.3) is 0 Å². The average Bonchev–Trinajstić information content (AvgIpc) is 2.52. The van der Waals surface area contributed by atoms with Gasteiger partial charge in [0, 0.05) is 19.1 Å². The molecule has 2 unspecified atom stereocenters. The molecule has 0 radical (unpaired) electrons. The van der Waals surface area contributed by atoms with Crippen LogP contribution in [0.1, 0.15) is 47.0 Å². The van der Waals surface area contributed by atoms with E-state index in [0.717, 1.165) is 12.5 Å². The number of nitrogens with two attached hydrogens (primary N) is 1. The van der Waals surface area contributed by atoms with Gasteiger partial charge in [0.15, 0.2) is 0 Å². The number of likely N-dealkylation sites (tertiary alicyclic amines) is 1. The van der Waals surface area contributed by atoms with Gasteiger partial charge in [-0.1, -0.05) is 34.1 Å². The van der Waals surface area contributed by atoms with Crippen LogP contribution >= 0.6 is 0 Å². The highest BCUT2D eigenvalue weighted by Crippen LogP contribution is 2.30. The molecule has 0 spiro atoms. The third kappa shape index (κ3) is 3.46. The van der Waals surface area contributed by atoms with E-state index in [1.165, 1.54) is 32.4 Å². The molecule has 0 aromatic carbocycles. The Balaban J connectivity index is 2.50. The van der Waals surface area contributed by atoms with Gasteiger partial charge in [0.2, 0.25) is 0 Å². The van der Waals surface area contributed by atoms with Gasteiger partial charge in [0.1, 0.15) is 0 Å². The number of hydrogen-bond donors (Lipinski definition) is 1. The Morgan fingerprint density at radius 1 is 1.40 bits per heavy atom. The van der Waals surface area contributed by atoms with E-state index in [1.807, 2.05) is 0 Å². The van der Waals surface area contributed by atoms with Gasteiger partial charge in [-0.25, -0.2) is 0 Å². The van der Waals surface area contributed by atoms with Crippen LogP contribution in [0.3, 0.4) is 0 Å². The molecule has 0 bridgehead atoms. The Morgan fingerprint density at radius 2 is 2.07 bits per heavy atom. The molecule has 1 heterocycles. The lowest BCUT2D eigenvalue weighted by atomic mass is 9.86. The lowest BCUT2D eigenvalue weighted by molar-refractivity contribution is 0.126. The number of hydrogen-bond acceptors (Lipinski definition) is 2. The van der Waals surface area contributed by atoms with Gasteiger partial charge in [-0.15, -0.1) is 0 Å². The van der Waals surface area contributed by atoms with Crippen molar-refractivity contribution in [2.45, 2.75) is 53.0 Å². The highest BCUT2D eigenvalue weighted by atomic mass is 15.2. The minimum Gasteiger partial charge on any atom is -0.329 e. The molecule has 0 aromatic rings. The van der Waals surface area contributed by atoms with Crippen LogP contribution in [-0.4, -0.2) is 30.6 Å². The van der Waals surface area contributed by atoms with Crippen LogP contribution in [0, 0.1) is 11.3 Å². The highest BCUT2D eigenvalue weighted by molar-refractivity contribution is 4.88. The van der Waals surface area contributed by atoms with Crippen LogP contribution in [-0.2, 0) is 0 Å². The highest BCUT2D eigenvalue weighted by Gasteiger charge is 2.33. The molecule has 0 aliphatic carbocycles. The van der Waals surface area contributed by atoms with Gasteiger partial charge >= 0.3 is 0 Å². The van der Waals surface area contributed by atoms with E-state index in [4.69, 9.17) is 5.73 Å². The van der Waals surface area contributed by atoms with Crippen molar-refractivity contribution >= 4 is 0 Å². The van der Waals surface area contributed by atoms with Crippen LogP contribution < -0.4 is 5.73 Å². The van der Waals surface area contributed by atoms with Crippen molar-refractivity contribution < 1.29 is 0 Å². The predicted molar refractivity (Wildman–Crippen MR) is 66.9 cm³/mol. The van der Waals surface area contributed by atoms with E-state index in [0.29, 0.717) is 11.5 Å². The van der Waals surface area contributed by atoms with Crippen molar-refractivity contribution in [2.75, 3.05) is 19.6 Å². The second kappa shape index (κ2) is 5.31. The van der Waals surface area contributed by atoms with Crippen LogP contribution in [0.4, 0.5) is 0 Å². The second-order valence-electron chi connectivity index (χ2n) is 6.06. The Labute approximate surface area is 95.2 Å². The van der Waals surface area contributed by atoms with Gasteiger partial charge in [0.05, 0.1) is 0 Å². The van der Waals surface area contributed by atoms with Gasteiger partial charge in [-0.3, -0.25) is 4.90 Å². The first kappa shape index (κ1) is 13.0.